The minimum absolute atomic E-state index is 0.0738. The number of aliphatic hydroxyl groups is 2. The van der Waals surface area contributed by atoms with E-state index in [0.29, 0.717) is 0 Å². The second-order valence-corrected chi connectivity index (χ2v) is 11.9. The number of nitrogens with one attached hydrogen (secondary N) is 1. The fraction of sp³-hybridized carbons (Fsp3) is 0.615. The highest BCUT2D eigenvalue weighted by molar-refractivity contribution is 7.66. The number of phosphoric acid groups is 3. The van der Waals surface area contributed by atoms with E-state index in [1.165, 1.54) is 27.4 Å². The summed E-state index contributed by atoms with van der Waals surface area (Å²) in [6.07, 6.45) is -4.86. The van der Waals surface area contributed by atoms with E-state index < -0.39 is 60.2 Å². The van der Waals surface area contributed by atoms with Crippen molar-refractivity contribution < 1.29 is 65.9 Å². The molecule has 0 amide bonds. The topological polar surface area (TPSA) is 267 Å². The van der Waals surface area contributed by atoms with Crippen LogP contribution in [0.4, 0.5) is 5.95 Å². The largest absolute Gasteiger partial charge is 0.490 e. The number of aromatic nitrogens is 4. The SMILES string of the molecule is CN(C)c1nc2c(c(=O)[nH]1)n(C)c[n+]2[C@@H]1O[C@H](COP(=O)(O)OP(=O)(O)OP(=O)(O)O)[C@@H](O)[C@H]1O. The van der Waals surface area contributed by atoms with Gasteiger partial charge < -0.3 is 39.4 Å². The molecule has 22 heteroatoms. The number of H-pyrrole nitrogens is 1. The highest BCUT2D eigenvalue weighted by atomic mass is 31.3. The first-order chi connectivity index (χ1) is 15.9. The van der Waals surface area contributed by atoms with Crippen molar-refractivity contribution in [2.24, 2.45) is 7.05 Å². The predicted molar refractivity (Wildman–Crippen MR) is 112 cm³/mol. The molecular formula is C13H23N5O14P3+. The quantitative estimate of drug-likeness (QED) is 0.123. The molecule has 0 radical (unpaired) electrons. The number of nitrogens with zero attached hydrogens (tertiary/aromatic N) is 4. The number of hydrogen-bond donors (Lipinski definition) is 7. The molecule has 0 bridgehead atoms. The van der Waals surface area contributed by atoms with Crippen LogP contribution in [0.3, 0.4) is 0 Å². The van der Waals surface area contributed by atoms with Gasteiger partial charge in [0, 0.05) is 14.1 Å². The molecule has 1 aliphatic rings. The first kappa shape index (κ1) is 28.0. The maximum atomic E-state index is 12.5. The van der Waals surface area contributed by atoms with Crippen molar-refractivity contribution in [3.63, 3.8) is 0 Å². The summed E-state index contributed by atoms with van der Waals surface area (Å²) in [5.74, 6) is 0.180. The smallest absolute Gasteiger partial charge is 0.387 e. The first-order valence-corrected chi connectivity index (χ1v) is 13.9. The number of fused-ring (bicyclic) bond motifs is 1. The molecule has 6 atom stereocenters. The third kappa shape index (κ3) is 6.42. The van der Waals surface area contributed by atoms with Crippen LogP contribution in [0, 0.1) is 0 Å². The van der Waals surface area contributed by atoms with Gasteiger partial charge in [-0.1, -0.05) is 4.98 Å². The van der Waals surface area contributed by atoms with Crippen molar-refractivity contribution in [1.82, 2.24) is 14.5 Å². The Hall–Kier alpha value is -1.56. The van der Waals surface area contributed by atoms with Crippen LogP contribution in [0.25, 0.3) is 11.2 Å². The number of imidazole rings is 1. The number of aryl methyl sites for hydroxylation is 1. The molecule has 3 heterocycles. The Morgan fingerprint density at radius 3 is 2.34 bits per heavy atom. The van der Waals surface area contributed by atoms with Gasteiger partial charge in [-0.3, -0.25) is 18.9 Å². The van der Waals surface area contributed by atoms with Crippen molar-refractivity contribution in [3.8, 4) is 0 Å². The van der Waals surface area contributed by atoms with Gasteiger partial charge in [0.2, 0.25) is 11.7 Å². The van der Waals surface area contributed by atoms with Crippen LogP contribution in [0.1, 0.15) is 6.23 Å². The summed E-state index contributed by atoms with van der Waals surface area (Å²) in [6, 6.07) is 0. The first-order valence-electron chi connectivity index (χ1n) is 9.38. The van der Waals surface area contributed by atoms with Crippen LogP contribution >= 0.6 is 23.5 Å². The molecule has 0 saturated carbocycles. The van der Waals surface area contributed by atoms with E-state index in [4.69, 9.17) is 14.5 Å². The Bertz CT molecular complexity index is 1300. The molecule has 198 valence electrons. The van der Waals surface area contributed by atoms with Crippen LogP contribution in [0.5, 0.6) is 0 Å². The Kier molecular flexibility index (Phi) is 7.78. The Balaban J connectivity index is 1.80. The lowest BCUT2D eigenvalue weighted by atomic mass is 10.1. The molecule has 0 aliphatic carbocycles. The van der Waals surface area contributed by atoms with Gasteiger partial charge in [-0.25, -0.2) is 18.3 Å². The minimum atomic E-state index is -5.73. The van der Waals surface area contributed by atoms with Crippen LogP contribution in [-0.2, 0) is 38.6 Å². The summed E-state index contributed by atoms with van der Waals surface area (Å²) in [5.41, 5.74) is -0.320. The van der Waals surface area contributed by atoms with E-state index >= 15 is 0 Å². The number of ether oxygens (including phenoxy) is 1. The lowest BCUT2D eigenvalue weighted by molar-refractivity contribution is -0.745. The number of rotatable bonds is 9. The van der Waals surface area contributed by atoms with Gasteiger partial charge in [-0.2, -0.15) is 8.62 Å². The average molecular weight is 566 g/mol. The molecule has 0 aromatic carbocycles. The predicted octanol–water partition coefficient (Wildman–Crippen LogP) is -2.42. The second-order valence-electron chi connectivity index (χ2n) is 7.52. The molecule has 2 aromatic heterocycles. The molecule has 7 N–H and O–H groups in total. The van der Waals surface area contributed by atoms with E-state index in [1.807, 2.05) is 0 Å². The van der Waals surface area contributed by atoms with Crippen molar-refractivity contribution in [3.05, 3.63) is 16.7 Å². The molecule has 19 nitrogen and oxygen atoms in total. The van der Waals surface area contributed by atoms with Crippen molar-refractivity contribution in [1.29, 1.82) is 0 Å². The summed E-state index contributed by atoms with van der Waals surface area (Å²) in [5, 5.41) is 20.8. The van der Waals surface area contributed by atoms with E-state index in [2.05, 4.69) is 23.1 Å². The maximum absolute atomic E-state index is 12.5. The van der Waals surface area contributed by atoms with Crippen LogP contribution in [0.15, 0.2) is 11.1 Å². The Labute approximate surface area is 195 Å². The van der Waals surface area contributed by atoms with E-state index in [9.17, 15) is 38.5 Å². The van der Waals surface area contributed by atoms with Gasteiger partial charge in [0.05, 0.1) is 13.7 Å². The van der Waals surface area contributed by atoms with Crippen molar-refractivity contribution in [2.45, 2.75) is 24.5 Å². The summed E-state index contributed by atoms with van der Waals surface area (Å²) in [7, 11) is -12.0. The summed E-state index contributed by atoms with van der Waals surface area (Å²) < 4.78 is 53.8. The fourth-order valence-electron chi connectivity index (χ4n) is 3.21. The van der Waals surface area contributed by atoms with Gasteiger partial charge in [0.15, 0.2) is 6.33 Å². The molecule has 2 aromatic rings. The molecule has 3 rings (SSSR count). The van der Waals surface area contributed by atoms with Gasteiger partial charge in [-0.05, 0) is 0 Å². The summed E-state index contributed by atoms with van der Waals surface area (Å²) in [4.78, 5) is 56.7. The number of aliphatic hydroxyl groups excluding tert-OH is 2. The molecule has 0 spiro atoms. The Morgan fingerprint density at radius 1 is 1.14 bits per heavy atom. The van der Waals surface area contributed by atoms with Gasteiger partial charge in [0.1, 0.15) is 18.3 Å². The van der Waals surface area contributed by atoms with Gasteiger partial charge in [0.25, 0.3) is 11.5 Å². The molecular weight excluding hydrogens is 543 g/mol. The van der Waals surface area contributed by atoms with Crippen LogP contribution in [0.2, 0.25) is 0 Å². The zero-order valence-corrected chi connectivity index (χ0v) is 20.9. The zero-order chi connectivity index (χ0) is 26.5. The normalized spacial score (nSPS) is 26.5. The van der Waals surface area contributed by atoms with Gasteiger partial charge in [-0.15, -0.1) is 0 Å². The molecule has 35 heavy (non-hydrogen) atoms. The monoisotopic (exact) mass is 566 g/mol. The van der Waals surface area contributed by atoms with E-state index in [0.717, 1.165) is 0 Å². The van der Waals surface area contributed by atoms with E-state index in [1.54, 1.807) is 14.1 Å². The number of phosphoric ester groups is 1. The third-order valence-electron chi connectivity index (χ3n) is 4.61. The lowest BCUT2D eigenvalue weighted by Gasteiger charge is -2.18. The molecule has 1 aliphatic heterocycles. The van der Waals surface area contributed by atoms with Gasteiger partial charge >= 0.3 is 29.1 Å². The fourth-order valence-corrected chi connectivity index (χ4v) is 6.24. The molecule has 2 unspecified atom stereocenters. The third-order valence-corrected chi connectivity index (χ3v) is 8.41. The average Bonchev–Trinajstić information content (AvgIpc) is 3.14. The Morgan fingerprint density at radius 2 is 1.77 bits per heavy atom. The minimum Gasteiger partial charge on any atom is -0.387 e. The van der Waals surface area contributed by atoms with Crippen LogP contribution < -0.4 is 15.0 Å². The number of hydrogen-bond acceptors (Lipinski definition) is 12. The standard InChI is InChI=1S/C13H22N5O14P3/c1-16(2)13-14-10-7(11(21)15-13)17(3)5-18(10)12-9(20)8(19)6(30-12)4-29-34(25,26)32-35(27,28)31-33(22,23)24/h5-6,8-9,12,19-20H,4H2,1-3H3,(H4-,14,15,21,22,23,24,25,26,27,28)/p+1/t6-,8-,9-,12-/m1/s1. The lowest BCUT2D eigenvalue weighted by Crippen LogP contribution is -2.46. The summed E-state index contributed by atoms with van der Waals surface area (Å²) >= 11 is 0. The summed E-state index contributed by atoms with van der Waals surface area (Å²) in [6.45, 7) is -0.985. The molecule has 1 saturated heterocycles. The number of anilines is 1. The zero-order valence-electron chi connectivity index (χ0n) is 18.2. The second kappa shape index (κ2) is 9.72. The highest BCUT2D eigenvalue weighted by Gasteiger charge is 2.49. The maximum Gasteiger partial charge on any atom is 0.490 e. The van der Waals surface area contributed by atoms with Crippen LogP contribution in [-0.4, -0.2) is 83.3 Å². The molecule has 1 fully saturated rings. The number of aromatic amines is 1. The van der Waals surface area contributed by atoms with Crippen molar-refractivity contribution >= 4 is 40.6 Å². The highest BCUT2D eigenvalue weighted by Crippen LogP contribution is 2.66. The van der Waals surface area contributed by atoms with E-state index in [-0.39, 0.29) is 17.1 Å². The van der Waals surface area contributed by atoms with Crippen molar-refractivity contribution in [2.75, 3.05) is 25.6 Å².